The van der Waals surface area contributed by atoms with Crippen LogP contribution in [0.2, 0.25) is 0 Å². The number of anilines is 4. The summed E-state index contributed by atoms with van der Waals surface area (Å²) in [4.78, 5) is 99.7. The Morgan fingerprint density at radius 2 is 1.49 bits per heavy atom. The Morgan fingerprint density at radius 1 is 0.813 bits per heavy atom. The number of ether oxygens (including phenoxy) is 2. The fourth-order valence-electron chi connectivity index (χ4n) is 9.21. The van der Waals surface area contributed by atoms with Gasteiger partial charge in [-0.15, -0.1) is 11.6 Å². The van der Waals surface area contributed by atoms with E-state index in [1.165, 1.54) is 0 Å². The minimum absolute atomic E-state index is 0.0496. The number of halogens is 1. The molecule has 3 heterocycles. The molecule has 2 aliphatic rings. The molecule has 75 heavy (non-hydrogen) atoms. The lowest BCUT2D eigenvalue weighted by Crippen LogP contribution is -2.48. The number of fused-ring (bicyclic) bond motifs is 4. The summed E-state index contributed by atoms with van der Waals surface area (Å²) >= 11 is 6.55. The molecule has 392 valence electrons. The molecule has 9 N–H and O–H groups in total. The number of nitrogens with one attached hydrogen (secondary N) is 5. The highest BCUT2D eigenvalue weighted by molar-refractivity contribution is 6.19. The maximum atomic E-state index is 14.4. The molecule has 7 amide bonds. The standard InChI is InChI=1S/C55H61ClN10O9/c1-32(2)49(57)46(67)27-35(7-6-20-59-53(58)71)51(69)60-38-14-10-33(11-15-38)31-74-54(72)62-39-16-12-34(13-17-39)50(68)61-40-18-19-43-36(25-40)26-44(63-43)52(70)66-30-37(29-56)48-42-9-5-4-8-41(42)47(28-45(48)66)75-55(73)65-23-21-64(3)22-24-65/h4-5,8-19,25-26,28,32,35,37,49,63H,6-7,20-24,27,29-31,57H2,1-3H3,(H,60,69)(H,61,68)(H,62,72)(H3,58,59,71)/t35-,37-,49+/m1/s1. The number of urea groups is 1. The van der Waals surface area contributed by atoms with Gasteiger partial charge in [0.15, 0.2) is 5.78 Å². The molecule has 0 bridgehead atoms. The zero-order chi connectivity index (χ0) is 53.3. The second kappa shape index (κ2) is 23.9. The molecule has 0 unspecified atom stereocenters. The highest BCUT2D eigenvalue weighted by atomic mass is 35.5. The van der Waals surface area contributed by atoms with E-state index in [9.17, 15) is 33.6 Å². The summed E-state index contributed by atoms with van der Waals surface area (Å²) in [6.07, 6.45) is -0.462. The number of amides is 7. The number of alkyl halides is 1. The number of aromatic nitrogens is 1. The van der Waals surface area contributed by atoms with Crippen molar-refractivity contribution in [2.45, 2.75) is 51.7 Å². The number of aromatic amines is 1. The number of nitrogens with zero attached hydrogens (tertiary/aromatic N) is 3. The van der Waals surface area contributed by atoms with Crippen molar-refractivity contribution in [2.24, 2.45) is 23.3 Å². The van der Waals surface area contributed by atoms with Crippen LogP contribution < -0.4 is 42.4 Å². The molecule has 1 fully saturated rings. The van der Waals surface area contributed by atoms with Gasteiger partial charge in [0.1, 0.15) is 18.1 Å². The monoisotopic (exact) mass is 1040 g/mol. The first-order chi connectivity index (χ1) is 36.0. The Bertz CT molecular complexity index is 3100. The zero-order valence-electron chi connectivity index (χ0n) is 42.0. The van der Waals surface area contributed by atoms with E-state index in [4.69, 9.17) is 32.5 Å². The summed E-state index contributed by atoms with van der Waals surface area (Å²) in [6.45, 7) is 6.78. The molecule has 0 spiro atoms. The van der Waals surface area contributed by atoms with Gasteiger partial charge in [-0.2, -0.15) is 0 Å². The highest BCUT2D eigenvalue weighted by Crippen LogP contribution is 2.46. The number of Topliss-reactive ketones (excluding diaryl/α,β-unsaturated/α-hetero) is 1. The maximum Gasteiger partial charge on any atom is 0.415 e. The number of carbonyl (C=O) groups excluding carboxylic acids is 7. The summed E-state index contributed by atoms with van der Waals surface area (Å²) in [5.74, 6) is -1.57. The van der Waals surface area contributed by atoms with Crippen molar-refractivity contribution >= 4 is 97.7 Å². The fourth-order valence-corrected chi connectivity index (χ4v) is 9.46. The van der Waals surface area contributed by atoms with Crippen LogP contribution >= 0.6 is 11.6 Å². The molecule has 2 aliphatic heterocycles. The molecule has 6 aromatic rings. The summed E-state index contributed by atoms with van der Waals surface area (Å²) in [7, 11) is 2.01. The number of piperazine rings is 1. The van der Waals surface area contributed by atoms with Crippen molar-refractivity contribution in [3.63, 3.8) is 0 Å². The number of hydrogen-bond acceptors (Lipinski definition) is 11. The van der Waals surface area contributed by atoms with E-state index < -0.39 is 36.1 Å². The second-order valence-corrected chi connectivity index (χ2v) is 19.6. The van der Waals surface area contributed by atoms with Crippen molar-refractivity contribution in [3.8, 4) is 5.75 Å². The van der Waals surface area contributed by atoms with E-state index in [1.54, 1.807) is 88.7 Å². The molecule has 0 aliphatic carbocycles. The van der Waals surface area contributed by atoms with Gasteiger partial charge in [-0.1, -0.05) is 50.2 Å². The lowest BCUT2D eigenvalue weighted by Gasteiger charge is -2.31. The molecule has 0 saturated carbocycles. The van der Waals surface area contributed by atoms with E-state index in [1.807, 2.05) is 45.2 Å². The highest BCUT2D eigenvalue weighted by Gasteiger charge is 2.36. The summed E-state index contributed by atoms with van der Waals surface area (Å²) in [5.41, 5.74) is 16.1. The van der Waals surface area contributed by atoms with Gasteiger partial charge in [-0.3, -0.25) is 24.5 Å². The SMILES string of the molecule is CC(C)[C@H](N)C(=O)C[C@@H](CCCNC(N)=O)C(=O)Nc1ccc(COC(=O)Nc2ccc(C(=O)Nc3ccc4[nH]c(C(=O)N5C[C@@H](CCl)c6c5cc(OC(=O)N5CCN(C)CC5)c5ccccc65)cc4c3)cc2)cc1. The van der Waals surface area contributed by atoms with Crippen LogP contribution in [-0.2, 0) is 20.9 Å². The van der Waals surface area contributed by atoms with Gasteiger partial charge in [-0.25, -0.2) is 14.4 Å². The third-order valence-electron chi connectivity index (χ3n) is 13.5. The van der Waals surface area contributed by atoms with Crippen LogP contribution in [-0.4, -0.2) is 115 Å². The third-order valence-corrected chi connectivity index (χ3v) is 13.9. The van der Waals surface area contributed by atoms with Crippen LogP contribution in [0.25, 0.3) is 21.7 Å². The number of H-pyrrole nitrogens is 1. The minimum Gasteiger partial charge on any atom is -0.444 e. The van der Waals surface area contributed by atoms with Crippen LogP contribution in [0.4, 0.5) is 37.1 Å². The third kappa shape index (κ3) is 13.0. The molecule has 19 nitrogen and oxygen atoms in total. The molecule has 1 aromatic heterocycles. The molecular weight excluding hydrogens is 980 g/mol. The first-order valence-electron chi connectivity index (χ1n) is 24.8. The number of carbonyl (C=O) groups is 7. The van der Waals surface area contributed by atoms with Crippen molar-refractivity contribution < 1.29 is 43.0 Å². The van der Waals surface area contributed by atoms with Crippen molar-refractivity contribution in [1.29, 1.82) is 0 Å². The quantitative estimate of drug-likeness (QED) is 0.0320. The van der Waals surface area contributed by atoms with Crippen molar-refractivity contribution in [2.75, 3.05) is 73.0 Å². The number of rotatable bonds is 18. The topological polar surface area (TPSA) is 264 Å². The first kappa shape index (κ1) is 53.3. The lowest BCUT2D eigenvalue weighted by atomic mass is 9.90. The molecule has 1 saturated heterocycles. The van der Waals surface area contributed by atoms with Gasteiger partial charge in [0, 0.05) is 108 Å². The predicted molar refractivity (Wildman–Crippen MR) is 289 cm³/mol. The van der Waals surface area contributed by atoms with Crippen LogP contribution in [0.1, 0.15) is 71.0 Å². The number of hydrogen-bond donors (Lipinski definition) is 7. The van der Waals surface area contributed by atoms with Gasteiger partial charge < -0.3 is 56.6 Å². The Balaban J connectivity index is 0.845. The molecule has 5 aromatic carbocycles. The number of benzene rings is 5. The fraction of sp³-hybridized carbons (Fsp3) is 0.327. The molecular formula is C55H61ClN10O9. The van der Waals surface area contributed by atoms with E-state index >= 15 is 0 Å². The zero-order valence-corrected chi connectivity index (χ0v) is 42.7. The van der Waals surface area contributed by atoms with Gasteiger partial charge >= 0.3 is 18.2 Å². The lowest BCUT2D eigenvalue weighted by molar-refractivity contribution is -0.127. The minimum atomic E-state index is -0.728. The van der Waals surface area contributed by atoms with Crippen LogP contribution in [0, 0.1) is 11.8 Å². The average Bonchev–Trinajstić information content (AvgIpc) is 4.01. The Labute approximate surface area is 438 Å². The van der Waals surface area contributed by atoms with E-state index in [0.717, 1.165) is 29.4 Å². The maximum absolute atomic E-state index is 14.4. The number of ketones is 1. The van der Waals surface area contributed by atoms with Gasteiger partial charge in [-0.05, 0) is 103 Å². The van der Waals surface area contributed by atoms with Crippen LogP contribution in [0.15, 0.2) is 103 Å². The first-order valence-corrected chi connectivity index (χ1v) is 25.4. The van der Waals surface area contributed by atoms with Crippen molar-refractivity contribution in [3.05, 3.63) is 126 Å². The Hall–Kier alpha value is -8.00. The summed E-state index contributed by atoms with van der Waals surface area (Å²) < 4.78 is 11.5. The Kier molecular flexibility index (Phi) is 17.0. The Morgan fingerprint density at radius 3 is 2.19 bits per heavy atom. The van der Waals surface area contributed by atoms with E-state index in [2.05, 4.69) is 31.2 Å². The average molecular weight is 1040 g/mol. The molecule has 8 rings (SSSR count). The number of likely N-dealkylation sites (N-methyl/N-ethyl adjacent to an activating group) is 1. The summed E-state index contributed by atoms with van der Waals surface area (Å²) in [5, 5.41) is 13.2. The largest absolute Gasteiger partial charge is 0.444 e. The molecule has 3 atom stereocenters. The number of primary amides is 1. The van der Waals surface area contributed by atoms with Crippen LogP contribution in [0.5, 0.6) is 5.75 Å². The van der Waals surface area contributed by atoms with Gasteiger partial charge in [0.2, 0.25) is 5.91 Å². The van der Waals surface area contributed by atoms with Gasteiger partial charge in [0.25, 0.3) is 11.8 Å². The normalized spacial score (nSPS) is 15.3. The number of nitrogens with two attached hydrogens (primary N) is 2. The van der Waals surface area contributed by atoms with E-state index in [0.29, 0.717) is 88.7 Å². The van der Waals surface area contributed by atoms with Crippen LogP contribution in [0.3, 0.4) is 0 Å². The van der Waals surface area contributed by atoms with Crippen molar-refractivity contribution in [1.82, 2.24) is 20.1 Å². The smallest absolute Gasteiger partial charge is 0.415 e. The predicted octanol–water partition coefficient (Wildman–Crippen LogP) is 8.00. The second-order valence-electron chi connectivity index (χ2n) is 19.3. The molecule has 0 radical (unpaired) electrons. The van der Waals surface area contributed by atoms with E-state index in [-0.39, 0.29) is 54.9 Å². The van der Waals surface area contributed by atoms with Gasteiger partial charge in [0.05, 0.1) is 11.7 Å². The molecule has 20 heteroatoms. The summed E-state index contributed by atoms with van der Waals surface area (Å²) in [6, 6.07) is 28.0.